The summed E-state index contributed by atoms with van der Waals surface area (Å²) in [6.45, 7) is 2.04. The Hall–Kier alpha value is -2.34. The molecule has 1 unspecified atom stereocenters. The monoisotopic (exact) mass is 327 g/mol. The highest BCUT2D eigenvalue weighted by atomic mass is 32.1. The van der Waals surface area contributed by atoms with E-state index < -0.39 is 12.1 Å². The first-order valence-electron chi connectivity index (χ1n) is 7.38. The summed E-state index contributed by atoms with van der Waals surface area (Å²) in [5, 5.41) is 3.23. The lowest BCUT2D eigenvalue weighted by atomic mass is 10.0. The van der Waals surface area contributed by atoms with Gasteiger partial charge < -0.3 is 5.32 Å². The number of pyridine rings is 1. The van der Waals surface area contributed by atoms with Crippen LogP contribution in [0.5, 0.6) is 0 Å². The molecule has 2 aromatic heterocycles. The largest absolute Gasteiger partial charge is 0.302 e. The highest BCUT2D eigenvalue weighted by molar-refractivity contribution is 7.22. The zero-order valence-corrected chi connectivity index (χ0v) is 13.2. The van der Waals surface area contributed by atoms with Crippen LogP contribution in [0.25, 0.3) is 21.3 Å². The van der Waals surface area contributed by atoms with Gasteiger partial charge in [0.1, 0.15) is 6.17 Å². The minimum Gasteiger partial charge on any atom is -0.302 e. The molecule has 4 rings (SSSR count). The number of rotatable bonds is 3. The van der Waals surface area contributed by atoms with Gasteiger partial charge in [-0.25, -0.2) is 9.37 Å². The van der Waals surface area contributed by atoms with Crippen LogP contribution >= 0.6 is 11.3 Å². The number of carbonyl (C=O) groups is 1. The van der Waals surface area contributed by atoms with Crippen molar-refractivity contribution < 1.29 is 9.18 Å². The Bertz CT molecular complexity index is 908. The Kier molecular flexibility index (Phi) is 3.34. The number of hydrogen-bond donors (Lipinski definition) is 1. The lowest BCUT2D eigenvalue weighted by Gasteiger charge is -2.04. The first-order valence-corrected chi connectivity index (χ1v) is 8.20. The summed E-state index contributed by atoms with van der Waals surface area (Å²) in [4.78, 5) is 20.4. The van der Waals surface area contributed by atoms with Crippen molar-refractivity contribution in [3.63, 3.8) is 0 Å². The van der Waals surface area contributed by atoms with Crippen LogP contribution in [0, 0.1) is 12.8 Å². The van der Waals surface area contributed by atoms with Crippen LogP contribution in [-0.4, -0.2) is 22.0 Å². The number of aryl methyl sites for hydroxylation is 1. The molecule has 1 aliphatic rings. The van der Waals surface area contributed by atoms with E-state index >= 15 is 0 Å². The van der Waals surface area contributed by atoms with Crippen molar-refractivity contribution in [1.29, 1.82) is 0 Å². The molecule has 0 aliphatic heterocycles. The smallest absolute Gasteiger partial charge is 0.232 e. The van der Waals surface area contributed by atoms with Gasteiger partial charge >= 0.3 is 0 Å². The Balaban J connectivity index is 1.64. The third-order valence-electron chi connectivity index (χ3n) is 4.02. The number of amides is 1. The molecule has 1 aromatic carbocycles. The first-order chi connectivity index (χ1) is 11.1. The molecule has 23 heavy (non-hydrogen) atoms. The summed E-state index contributed by atoms with van der Waals surface area (Å²) >= 11 is 1.40. The summed E-state index contributed by atoms with van der Waals surface area (Å²) in [5.74, 6) is -0.782. The van der Waals surface area contributed by atoms with E-state index in [0.717, 1.165) is 26.9 Å². The number of aromatic nitrogens is 2. The predicted octanol–water partition coefficient (Wildman–Crippen LogP) is 3.96. The highest BCUT2D eigenvalue weighted by Crippen LogP contribution is 2.36. The maximum Gasteiger partial charge on any atom is 0.232 e. The van der Waals surface area contributed by atoms with Gasteiger partial charge in [0, 0.05) is 18.0 Å². The van der Waals surface area contributed by atoms with Gasteiger partial charge in [0.15, 0.2) is 5.13 Å². The van der Waals surface area contributed by atoms with E-state index in [2.05, 4.69) is 15.3 Å². The Labute approximate surface area is 136 Å². The van der Waals surface area contributed by atoms with Gasteiger partial charge in [0.25, 0.3) is 0 Å². The number of anilines is 1. The predicted molar refractivity (Wildman–Crippen MR) is 89.2 cm³/mol. The number of nitrogens with zero attached hydrogens (tertiary/aromatic N) is 2. The van der Waals surface area contributed by atoms with Gasteiger partial charge in [-0.05, 0) is 42.7 Å². The van der Waals surface area contributed by atoms with Gasteiger partial charge in [-0.15, -0.1) is 0 Å². The van der Waals surface area contributed by atoms with Gasteiger partial charge in [-0.3, -0.25) is 9.78 Å². The lowest BCUT2D eigenvalue weighted by Crippen LogP contribution is -2.14. The molecule has 1 aliphatic carbocycles. The molecule has 0 radical (unpaired) electrons. The van der Waals surface area contributed by atoms with Crippen LogP contribution < -0.4 is 5.32 Å². The normalized spacial score (nSPS) is 19.7. The zero-order chi connectivity index (χ0) is 16.0. The summed E-state index contributed by atoms with van der Waals surface area (Å²) in [5.41, 5.74) is 4.12. The van der Waals surface area contributed by atoms with E-state index in [4.69, 9.17) is 0 Å². The summed E-state index contributed by atoms with van der Waals surface area (Å²) in [6, 6.07) is 7.94. The Morgan fingerprint density at radius 3 is 2.96 bits per heavy atom. The summed E-state index contributed by atoms with van der Waals surface area (Å²) in [7, 11) is 0. The van der Waals surface area contributed by atoms with Crippen molar-refractivity contribution in [2.24, 2.45) is 5.92 Å². The Morgan fingerprint density at radius 2 is 2.22 bits per heavy atom. The number of fused-ring (bicyclic) bond motifs is 1. The summed E-state index contributed by atoms with van der Waals surface area (Å²) in [6.07, 6.45) is 2.94. The van der Waals surface area contributed by atoms with Crippen LogP contribution in [-0.2, 0) is 4.79 Å². The molecule has 1 N–H and O–H groups in total. The SMILES string of the molecule is Cc1ccncc1-c1ccc2nc(NC(=O)C3C[C@@H]3F)sc2c1. The molecule has 6 heteroatoms. The van der Waals surface area contributed by atoms with E-state index in [1.807, 2.05) is 37.4 Å². The zero-order valence-electron chi connectivity index (χ0n) is 12.4. The molecule has 3 aromatic rings. The maximum absolute atomic E-state index is 12.9. The van der Waals surface area contributed by atoms with Gasteiger partial charge in [0.05, 0.1) is 16.1 Å². The lowest BCUT2D eigenvalue weighted by molar-refractivity contribution is -0.117. The van der Waals surface area contributed by atoms with Crippen molar-refractivity contribution in [3.8, 4) is 11.1 Å². The molecular formula is C17H14FN3OS. The molecule has 2 heterocycles. The number of carbonyl (C=O) groups excluding carboxylic acids is 1. The molecule has 1 fully saturated rings. The molecule has 0 spiro atoms. The first kappa shape index (κ1) is 14.3. The minimum absolute atomic E-state index is 0.278. The number of thiazole rings is 1. The van der Waals surface area contributed by atoms with Crippen molar-refractivity contribution >= 4 is 32.6 Å². The molecule has 4 nitrogen and oxygen atoms in total. The average molecular weight is 327 g/mol. The fourth-order valence-corrected chi connectivity index (χ4v) is 3.45. The van der Waals surface area contributed by atoms with Crippen molar-refractivity contribution in [2.75, 3.05) is 5.32 Å². The van der Waals surface area contributed by atoms with E-state index in [1.54, 1.807) is 6.20 Å². The topological polar surface area (TPSA) is 54.9 Å². The van der Waals surface area contributed by atoms with Crippen LogP contribution in [0.15, 0.2) is 36.7 Å². The third-order valence-corrected chi connectivity index (χ3v) is 4.95. The van der Waals surface area contributed by atoms with Crippen LogP contribution in [0.2, 0.25) is 0 Å². The van der Waals surface area contributed by atoms with Crippen LogP contribution in [0.3, 0.4) is 0 Å². The number of hydrogen-bond acceptors (Lipinski definition) is 4. The van der Waals surface area contributed by atoms with Crippen molar-refractivity contribution in [2.45, 2.75) is 19.5 Å². The molecule has 1 amide bonds. The van der Waals surface area contributed by atoms with Gasteiger partial charge in [0.2, 0.25) is 5.91 Å². The molecule has 0 saturated heterocycles. The maximum atomic E-state index is 12.9. The fourth-order valence-electron chi connectivity index (χ4n) is 2.55. The number of nitrogens with one attached hydrogen (secondary N) is 1. The van der Waals surface area contributed by atoms with Crippen molar-refractivity contribution in [3.05, 3.63) is 42.2 Å². The van der Waals surface area contributed by atoms with E-state index in [1.165, 1.54) is 11.3 Å². The second-order valence-corrected chi connectivity index (χ2v) is 6.77. The van der Waals surface area contributed by atoms with Crippen LogP contribution in [0.1, 0.15) is 12.0 Å². The van der Waals surface area contributed by atoms with Gasteiger partial charge in [-0.2, -0.15) is 0 Å². The molecule has 2 atom stereocenters. The van der Waals surface area contributed by atoms with Gasteiger partial charge in [-0.1, -0.05) is 17.4 Å². The van der Waals surface area contributed by atoms with E-state index in [9.17, 15) is 9.18 Å². The number of alkyl halides is 1. The van der Waals surface area contributed by atoms with Crippen LogP contribution in [0.4, 0.5) is 9.52 Å². The average Bonchev–Trinajstić information content (AvgIpc) is 3.13. The second kappa shape index (κ2) is 5.38. The van der Waals surface area contributed by atoms with Crippen molar-refractivity contribution in [1.82, 2.24) is 9.97 Å². The standard InChI is InChI=1S/C17H14FN3OS/c1-9-4-5-19-8-12(9)10-2-3-14-15(6-10)23-17(20-14)21-16(22)11-7-13(11)18/h2-6,8,11,13H,7H2,1H3,(H,20,21,22)/t11?,13-/m0/s1. The Morgan fingerprint density at radius 1 is 1.39 bits per heavy atom. The fraction of sp³-hybridized carbons (Fsp3) is 0.235. The minimum atomic E-state index is -0.996. The van der Waals surface area contributed by atoms with E-state index in [0.29, 0.717) is 11.6 Å². The highest BCUT2D eigenvalue weighted by Gasteiger charge is 2.43. The molecular weight excluding hydrogens is 313 g/mol. The molecule has 1 saturated carbocycles. The molecule has 0 bridgehead atoms. The molecule has 116 valence electrons. The third kappa shape index (κ3) is 2.70. The number of halogens is 1. The quantitative estimate of drug-likeness (QED) is 0.792. The number of benzene rings is 1. The second-order valence-electron chi connectivity index (χ2n) is 5.74. The van der Waals surface area contributed by atoms with E-state index in [-0.39, 0.29) is 5.91 Å². The summed E-state index contributed by atoms with van der Waals surface area (Å²) < 4.78 is 13.9.